The zero-order chi connectivity index (χ0) is 20.7. The number of carbonyl (C=O) groups is 1. The molecule has 8 heteroatoms. The average molecular weight is 374 g/mol. The Morgan fingerprint density at radius 3 is 2.70 bits per heavy atom. The SMILES string of the molecule is CC/C(=C\C=C/CC#N)CNC(=O)C(C)N=CN(C)C/C(C)=C\N=C(N)N. The van der Waals surface area contributed by atoms with E-state index in [1.54, 1.807) is 25.5 Å². The van der Waals surface area contributed by atoms with Gasteiger partial charge in [-0.1, -0.05) is 30.7 Å². The maximum absolute atomic E-state index is 12.2. The molecule has 8 nitrogen and oxygen atoms in total. The second-order valence-corrected chi connectivity index (χ2v) is 6.07. The molecular weight excluding hydrogens is 342 g/mol. The van der Waals surface area contributed by atoms with Crippen LogP contribution >= 0.6 is 0 Å². The molecular formula is C19H31N7O. The molecule has 0 aromatic rings. The molecule has 0 bridgehead atoms. The van der Waals surface area contributed by atoms with E-state index in [0.29, 0.717) is 19.5 Å². The van der Waals surface area contributed by atoms with Crippen molar-refractivity contribution in [3.8, 4) is 6.07 Å². The third kappa shape index (κ3) is 12.9. The lowest BCUT2D eigenvalue weighted by Gasteiger charge is -2.15. The molecule has 0 spiro atoms. The van der Waals surface area contributed by atoms with Crippen molar-refractivity contribution in [1.29, 1.82) is 5.26 Å². The molecule has 148 valence electrons. The summed E-state index contributed by atoms with van der Waals surface area (Å²) in [7, 11) is 1.85. The highest BCUT2D eigenvalue weighted by atomic mass is 16.2. The van der Waals surface area contributed by atoms with Crippen molar-refractivity contribution in [3.05, 3.63) is 35.6 Å². The molecule has 0 aromatic carbocycles. The van der Waals surface area contributed by atoms with Crippen LogP contribution in [0.25, 0.3) is 0 Å². The molecule has 0 radical (unpaired) electrons. The molecule has 0 saturated heterocycles. The van der Waals surface area contributed by atoms with E-state index in [1.165, 1.54) is 0 Å². The Morgan fingerprint density at radius 2 is 2.11 bits per heavy atom. The van der Waals surface area contributed by atoms with Gasteiger partial charge in [-0.3, -0.25) is 9.79 Å². The van der Waals surface area contributed by atoms with Crippen molar-refractivity contribution >= 4 is 18.2 Å². The number of carbonyl (C=O) groups excluding carboxylic acids is 1. The van der Waals surface area contributed by atoms with Crippen molar-refractivity contribution in [2.45, 2.75) is 39.7 Å². The zero-order valence-corrected chi connectivity index (χ0v) is 16.6. The summed E-state index contributed by atoms with van der Waals surface area (Å²) < 4.78 is 0. The zero-order valence-electron chi connectivity index (χ0n) is 16.6. The van der Waals surface area contributed by atoms with Crippen LogP contribution in [-0.4, -0.2) is 49.3 Å². The van der Waals surface area contributed by atoms with Crippen molar-refractivity contribution in [2.24, 2.45) is 21.5 Å². The molecule has 0 fully saturated rings. The number of nitrogens with zero attached hydrogens (tertiary/aromatic N) is 4. The van der Waals surface area contributed by atoms with Gasteiger partial charge in [-0.15, -0.1) is 0 Å². The lowest BCUT2D eigenvalue weighted by atomic mass is 10.1. The van der Waals surface area contributed by atoms with E-state index in [2.05, 4.69) is 15.3 Å². The molecule has 0 heterocycles. The minimum atomic E-state index is -0.498. The largest absolute Gasteiger partial charge is 0.370 e. The third-order valence-electron chi connectivity index (χ3n) is 3.42. The first kappa shape index (κ1) is 23.9. The van der Waals surface area contributed by atoms with Gasteiger partial charge < -0.3 is 21.7 Å². The predicted octanol–water partition coefficient (Wildman–Crippen LogP) is 1.43. The van der Waals surface area contributed by atoms with Gasteiger partial charge in [0.2, 0.25) is 5.91 Å². The molecule has 0 aromatic heterocycles. The highest BCUT2D eigenvalue weighted by Gasteiger charge is 2.10. The van der Waals surface area contributed by atoms with Gasteiger partial charge >= 0.3 is 0 Å². The second-order valence-electron chi connectivity index (χ2n) is 6.07. The fourth-order valence-corrected chi connectivity index (χ4v) is 1.92. The fraction of sp³-hybridized carbons (Fsp3) is 0.474. The first-order chi connectivity index (χ1) is 12.8. The number of amides is 1. The minimum Gasteiger partial charge on any atom is -0.370 e. The van der Waals surface area contributed by atoms with Crippen molar-refractivity contribution < 1.29 is 4.79 Å². The van der Waals surface area contributed by atoms with Crippen LogP contribution in [0.4, 0.5) is 0 Å². The van der Waals surface area contributed by atoms with Crippen LogP contribution in [-0.2, 0) is 4.79 Å². The monoisotopic (exact) mass is 373 g/mol. The summed E-state index contributed by atoms with van der Waals surface area (Å²) in [5.74, 6) is -0.134. The summed E-state index contributed by atoms with van der Waals surface area (Å²) in [6.07, 6.45) is 9.95. The van der Waals surface area contributed by atoms with Crippen LogP contribution in [0.5, 0.6) is 0 Å². The lowest BCUT2D eigenvalue weighted by molar-refractivity contribution is -0.121. The van der Waals surface area contributed by atoms with Crippen LogP contribution in [0.1, 0.15) is 33.6 Å². The molecule has 0 saturated carbocycles. The highest BCUT2D eigenvalue weighted by molar-refractivity contribution is 5.83. The minimum absolute atomic E-state index is 0.0111. The van der Waals surface area contributed by atoms with Crippen LogP contribution in [0.15, 0.2) is 45.6 Å². The number of nitrogens with two attached hydrogens (primary N) is 2. The molecule has 0 aliphatic heterocycles. The highest BCUT2D eigenvalue weighted by Crippen LogP contribution is 2.01. The normalized spacial score (nSPS) is 13.4. The number of nitriles is 1. The van der Waals surface area contributed by atoms with E-state index in [4.69, 9.17) is 16.7 Å². The number of guanidine groups is 1. The molecule has 1 atom stereocenters. The summed E-state index contributed by atoms with van der Waals surface area (Å²) >= 11 is 0. The van der Waals surface area contributed by atoms with Crippen molar-refractivity contribution in [1.82, 2.24) is 10.2 Å². The van der Waals surface area contributed by atoms with Crippen LogP contribution in [0.2, 0.25) is 0 Å². The Hall–Kier alpha value is -3.08. The summed E-state index contributed by atoms with van der Waals surface area (Å²) in [5.41, 5.74) is 12.6. The van der Waals surface area contributed by atoms with E-state index in [-0.39, 0.29) is 11.9 Å². The fourth-order valence-electron chi connectivity index (χ4n) is 1.92. The van der Waals surface area contributed by atoms with Gasteiger partial charge in [-0.2, -0.15) is 5.26 Å². The number of hydrogen-bond donors (Lipinski definition) is 3. The Balaban J connectivity index is 4.51. The molecule has 0 aliphatic rings. The molecule has 0 rings (SSSR count). The Bertz CT molecular complexity index is 649. The summed E-state index contributed by atoms with van der Waals surface area (Å²) in [6, 6.07) is 1.55. The van der Waals surface area contributed by atoms with Gasteiger partial charge in [0.1, 0.15) is 6.04 Å². The Kier molecular flexibility index (Phi) is 12.5. The number of rotatable bonds is 11. The number of allylic oxidation sites excluding steroid dienone is 3. The number of likely N-dealkylation sites (N-methyl/N-ethyl adjacent to an activating group) is 1. The third-order valence-corrected chi connectivity index (χ3v) is 3.42. The maximum atomic E-state index is 12.2. The van der Waals surface area contributed by atoms with Crippen LogP contribution in [0.3, 0.4) is 0 Å². The van der Waals surface area contributed by atoms with Gasteiger partial charge in [0.25, 0.3) is 0 Å². The average Bonchev–Trinajstić information content (AvgIpc) is 2.63. The van der Waals surface area contributed by atoms with Crippen molar-refractivity contribution in [3.63, 3.8) is 0 Å². The molecule has 5 N–H and O–H groups in total. The van der Waals surface area contributed by atoms with E-state index in [9.17, 15) is 4.79 Å². The van der Waals surface area contributed by atoms with E-state index < -0.39 is 6.04 Å². The van der Waals surface area contributed by atoms with Gasteiger partial charge in [0.05, 0.1) is 18.8 Å². The topological polar surface area (TPSA) is 133 Å². The molecule has 0 aliphatic carbocycles. The number of aliphatic imine (C=N–C) groups is 2. The summed E-state index contributed by atoms with van der Waals surface area (Å²) in [4.78, 5) is 22.1. The molecule has 27 heavy (non-hydrogen) atoms. The van der Waals surface area contributed by atoms with E-state index in [1.807, 2.05) is 44.0 Å². The van der Waals surface area contributed by atoms with Gasteiger partial charge in [-0.25, -0.2) is 4.99 Å². The lowest BCUT2D eigenvalue weighted by Crippen LogP contribution is -2.33. The van der Waals surface area contributed by atoms with E-state index >= 15 is 0 Å². The van der Waals surface area contributed by atoms with Gasteiger partial charge in [0, 0.05) is 26.3 Å². The summed E-state index contributed by atoms with van der Waals surface area (Å²) in [6.45, 7) is 6.71. The maximum Gasteiger partial charge on any atom is 0.244 e. The quantitative estimate of drug-likeness (QED) is 0.286. The second kappa shape index (κ2) is 14.1. The number of nitrogens with one attached hydrogen (secondary N) is 1. The predicted molar refractivity (Wildman–Crippen MR) is 111 cm³/mol. The van der Waals surface area contributed by atoms with Gasteiger partial charge in [-0.05, 0) is 25.8 Å². The van der Waals surface area contributed by atoms with Crippen LogP contribution in [0, 0.1) is 11.3 Å². The Morgan fingerprint density at radius 1 is 1.41 bits per heavy atom. The first-order valence-corrected chi connectivity index (χ1v) is 8.77. The van der Waals surface area contributed by atoms with Crippen LogP contribution < -0.4 is 16.8 Å². The molecule has 1 unspecified atom stereocenters. The summed E-state index contributed by atoms with van der Waals surface area (Å²) in [5, 5.41) is 11.4. The standard InChI is InChI=1S/C19H31N7O/c1-5-17(9-7-6-8-10-20)12-23-18(27)16(3)25-14-26(4)13-15(2)11-24-19(21)22/h6-7,9,11,14,16H,5,8,12-13H2,1-4H3,(H,23,27)(H4,21,22,24)/b7-6-,15-11-,17-9+,25-14?. The molecule has 1 amide bonds. The van der Waals surface area contributed by atoms with Crippen molar-refractivity contribution in [2.75, 3.05) is 20.1 Å². The van der Waals surface area contributed by atoms with Gasteiger partial charge in [0.15, 0.2) is 5.96 Å². The van der Waals surface area contributed by atoms with E-state index in [0.717, 1.165) is 17.6 Å². The first-order valence-electron chi connectivity index (χ1n) is 8.77. The number of hydrogen-bond acceptors (Lipinski definition) is 4. The Labute approximate surface area is 162 Å². The smallest absolute Gasteiger partial charge is 0.244 e.